The fourth-order valence-electron chi connectivity index (χ4n) is 2.44. The fraction of sp³-hybridized carbons (Fsp3) is 0.812. The van der Waals surface area contributed by atoms with E-state index in [2.05, 4.69) is 38.1 Å². The van der Waals surface area contributed by atoms with Crippen LogP contribution in [0, 0.1) is 18.3 Å². The van der Waals surface area contributed by atoms with Gasteiger partial charge < -0.3 is 10.1 Å². The zero-order valence-corrected chi connectivity index (χ0v) is 15.0. The number of aromatic nitrogens is 2. The van der Waals surface area contributed by atoms with E-state index in [0.717, 1.165) is 49.1 Å². The molecule has 1 aromatic rings. The fourth-order valence-corrected chi connectivity index (χ4v) is 2.64. The molecule has 0 aliphatic rings. The first-order chi connectivity index (χ1) is 9.85. The average molecular weight is 316 g/mol. The second-order valence-corrected chi connectivity index (χ2v) is 6.69. The number of hydrogen-bond donors (Lipinski definition) is 1. The Balaban J connectivity index is 2.87. The van der Waals surface area contributed by atoms with Gasteiger partial charge in [-0.15, -0.1) is 0 Å². The molecule has 0 fully saturated rings. The van der Waals surface area contributed by atoms with Crippen molar-refractivity contribution in [2.24, 2.45) is 11.3 Å². The van der Waals surface area contributed by atoms with E-state index in [9.17, 15) is 0 Å². The summed E-state index contributed by atoms with van der Waals surface area (Å²) in [5, 5.41) is 8.84. The van der Waals surface area contributed by atoms with Crippen LogP contribution in [0.4, 0.5) is 0 Å². The van der Waals surface area contributed by atoms with Crippen LogP contribution in [-0.2, 0) is 17.7 Å². The normalized spacial score (nSPS) is 14.7. The van der Waals surface area contributed by atoms with Crippen LogP contribution in [0.2, 0.25) is 5.02 Å². The first-order valence-corrected chi connectivity index (χ1v) is 8.15. The SMILES string of the molecule is CCn1nc(C)c(Cl)c1CC(C)(CNCCOC)C(C)C. The van der Waals surface area contributed by atoms with Crippen molar-refractivity contribution < 1.29 is 4.74 Å². The Labute approximate surface area is 134 Å². The molecule has 0 aliphatic carbocycles. The molecule has 4 nitrogen and oxygen atoms in total. The molecule has 5 heteroatoms. The van der Waals surface area contributed by atoms with Crippen molar-refractivity contribution in [3.63, 3.8) is 0 Å². The Morgan fingerprint density at radius 2 is 2.10 bits per heavy atom. The number of methoxy groups -OCH3 is 1. The number of nitrogens with zero attached hydrogens (tertiary/aromatic N) is 2. The number of hydrogen-bond acceptors (Lipinski definition) is 3. The summed E-state index contributed by atoms with van der Waals surface area (Å²) in [6.45, 7) is 14.3. The summed E-state index contributed by atoms with van der Waals surface area (Å²) in [6, 6.07) is 0. The predicted octanol–water partition coefficient (Wildman–Crippen LogP) is 3.31. The van der Waals surface area contributed by atoms with Crippen LogP contribution in [-0.4, -0.2) is 36.6 Å². The van der Waals surface area contributed by atoms with Crippen molar-refractivity contribution in [3.05, 3.63) is 16.4 Å². The molecule has 1 rings (SSSR count). The first kappa shape index (κ1) is 18.5. The third kappa shape index (κ3) is 4.70. The highest BCUT2D eigenvalue weighted by atomic mass is 35.5. The van der Waals surface area contributed by atoms with Gasteiger partial charge in [-0.05, 0) is 31.6 Å². The van der Waals surface area contributed by atoms with Gasteiger partial charge >= 0.3 is 0 Å². The molecule has 1 unspecified atom stereocenters. The Morgan fingerprint density at radius 3 is 2.62 bits per heavy atom. The highest BCUT2D eigenvalue weighted by Crippen LogP contribution is 2.34. The summed E-state index contributed by atoms with van der Waals surface area (Å²) < 4.78 is 7.13. The lowest BCUT2D eigenvalue weighted by atomic mass is 9.75. The van der Waals surface area contributed by atoms with Gasteiger partial charge in [-0.2, -0.15) is 5.10 Å². The molecule has 1 N–H and O–H groups in total. The Bertz CT molecular complexity index is 445. The zero-order valence-electron chi connectivity index (χ0n) is 14.3. The first-order valence-electron chi connectivity index (χ1n) is 7.77. The van der Waals surface area contributed by atoms with Crippen molar-refractivity contribution in [2.45, 2.75) is 47.6 Å². The monoisotopic (exact) mass is 315 g/mol. The summed E-state index contributed by atoms with van der Waals surface area (Å²) in [5.41, 5.74) is 2.21. The lowest BCUT2D eigenvalue weighted by molar-refractivity contribution is 0.173. The minimum absolute atomic E-state index is 0.136. The summed E-state index contributed by atoms with van der Waals surface area (Å²) >= 11 is 6.46. The van der Waals surface area contributed by atoms with E-state index in [1.165, 1.54) is 0 Å². The molecule has 0 bridgehead atoms. The number of aryl methyl sites for hydroxylation is 2. The van der Waals surface area contributed by atoms with E-state index in [-0.39, 0.29) is 5.41 Å². The summed E-state index contributed by atoms with van der Waals surface area (Å²) in [6.07, 6.45) is 0.929. The number of halogens is 1. The van der Waals surface area contributed by atoms with E-state index >= 15 is 0 Å². The number of nitrogens with one attached hydrogen (secondary N) is 1. The van der Waals surface area contributed by atoms with Gasteiger partial charge in [0.25, 0.3) is 0 Å². The highest BCUT2D eigenvalue weighted by Gasteiger charge is 2.31. The standard InChI is InChI=1S/C16H30ClN3O/c1-7-20-14(15(17)13(4)19-20)10-16(5,12(2)3)11-18-8-9-21-6/h12,18H,7-11H2,1-6H3. The van der Waals surface area contributed by atoms with Crippen LogP contribution >= 0.6 is 11.6 Å². The highest BCUT2D eigenvalue weighted by molar-refractivity contribution is 6.31. The van der Waals surface area contributed by atoms with Gasteiger partial charge in [-0.1, -0.05) is 32.4 Å². The molecule has 0 saturated heterocycles. The molecule has 122 valence electrons. The van der Waals surface area contributed by atoms with Crippen LogP contribution in [0.15, 0.2) is 0 Å². The minimum Gasteiger partial charge on any atom is -0.383 e. The molecular weight excluding hydrogens is 286 g/mol. The van der Waals surface area contributed by atoms with Crippen molar-refractivity contribution in [3.8, 4) is 0 Å². The van der Waals surface area contributed by atoms with E-state index < -0.39 is 0 Å². The van der Waals surface area contributed by atoms with Gasteiger partial charge in [0.15, 0.2) is 0 Å². The minimum atomic E-state index is 0.136. The Hall–Kier alpha value is -0.580. The predicted molar refractivity (Wildman–Crippen MR) is 89.0 cm³/mol. The smallest absolute Gasteiger partial charge is 0.0847 e. The molecule has 1 atom stereocenters. The van der Waals surface area contributed by atoms with Gasteiger partial charge in [-0.25, -0.2) is 0 Å². The maximum absolute atomic E-state index is 6.46. The lowest BCUT2D eigenvalue weighted by Gasteiger charge is -2.34. The molecular formula is C16H30ClN3O. The van der Waals surface area contributed by atoms with Crippen LogP contribution in [0.25, 0.3) is 0 Å². The van der Waals surface area contributed by atoms with Crippen molar-refractivity contribution in [1.82, 2.24) is 15.1 Å². The molecule has 0 aliphatic heterocycles. The van der Waals surface area contributed by atoms with Crippen LogP contribution in [0.1, 0.15) is 39.1 Å². The van der Waals surface area contributed by atoms with Gasteiger partial charge in [0.1, 0.15) is 0 Å². The third-order valence-corrected chi connectivity index (χ3v) is 4.92. The van der Waals surface area contributed by atoms with E-state index in [1.807, 2.05) is 11.6 Å². The average Bonchev–Trinajstić information content (AvgIpc) is 2.71. The van der Waals surface area contributed by atoms with Crippen molar-refractivity contribution in [1.29, 1.82) is 0 Å². The Kier molecular flexibility index (Phi) is 7.17. The van der Waals surface area contributed by atoms with Crippen LogP contribution < -0.4 is 5.32 Å². The molecule has 0 saturated carbocycles. The summed E-state index contributed by atoms with van der Waals surface area (Å²) in [4.78, 5) is 0. The van der Waals surface area contributed by atoms with E-state index in [1.54, 1.807) is 7.11 Å². The lowest BCUT2D eigenvalue weighted by Crippen LogP contribution is -2.39. The zero-order chi connectivity index (χ0) is 16.0. The maximum atomic E-state index is 6.46. The molecule has 0 spiro atoms. The van der Waals surface area contributed by atoms with E-state index in [0.29, 0.717) is 5.92 Å². The molecule has 1 aromatic heterocycles. The van der Waals surface area contributed by atoms with Gasteiger partial charge in [0.05, 0.1) is 23.0 Å². The molecule has 21 heavy (non-hydrogen) atoms. The quantitative estimate of drug-likeness (QED) is 0.711. The van der Waals surface area contributed by atoms with E-state index in [4.69, 9.17) is 16.3 Å². The largest absolute Gasteiger partial charge is 0.383 e. The van der Waals surface area contributed by atoms with Crippen LogP contribution in [0.5, 0.6) is 0 Å². The summed E-state index contributed by atoms with van der Waals surface area (Å²) in [7, 11) is 1.73. The molecule has 1 heterocycles. The second kappa shape index (κ2) is 8.16. The number of ether oxygens (including phenoxy) is 1. The molecule has 0 amide bonds. The molecule has 0 aromatic carbocycles. The topological polar surface area (TPSA) is 39.1 Å². The maximum Gasteiger partial charge on any atom is 0.0847 e. The third-order valence-electron chi connectivity index (χ3n) is 4.43. The number of rotatable bonds is 9. The van der Waals surface area contributed by atoms with Gasteiger partial charge in [0.2, 0.25) is 0 Å². The molecule has 0 radical (unpaired) electrons. The van der Waals surface area contributed by atoms with Gasteiger partial charge in [-0.3, -0.25) is 4.68 Å². The van der Waals surface area contributed by atoms with Crippen molar-refractivity contribution in [2.75, 3.05) is 26.8 Å². The Morgan fingerprint density at radius 1 is 1.43 bits per heavy atom. The van der Waals surface area contributed by atoms with Crippen molar-refractivity contribution >= 4 is 11.6 Å². The second-order valence-electron chi connectivity index (χ2n) is 6.32. The summed E-state index contributed by atoms with van der Waals surface area (Å²) in [5.74, 6) is 0.545. The van der Waals surface area contributed by atoms with Gasteiger partial charge in [0, 0.05) is 26.7 Å². The van der Waals surface area contributed by atoms with Crippen LogP contribution in [0.3, 0.4) is 0 Å².